The SMILES string of the molecule is C=O.CC=O.CCN(CCCCCC(=O)N1CCN(c2cccc3[nH]c(O)c(C=Nc4cccc(C)c4)c23)CC1)C(=O)CN(C)C. The van der Waals surface area contributed by atoms with Crippen LogP contribution in [0.5, 0.6) is 5.88 Å². The average molecular weight is 635 g/mol. The van der Waals surface area contributed by atoms with Gasteiger partial charge in [0, 0.05) is 63.0 Å². The molecular formula is C35H50N6O5. The number of rotatable bonds is 12. The first-order valence-corrected chi connectivity index (χ1v) is 15.8. The molecule has 2 N–H and O–H groups in total. The van der Waals surface area contributed by atoms with Gasteiger partial charge in [-0.05, 0) is 77.5 Å². The second-order valence-electron chi connectivity index (χ2n) is 11.3. The number of benzene rings is 2. The number of hydrogen-bond donors (Lipinski definition) is 2. The molecule has 0 spiro atoms. The number of H-pyrrole nitrogens is 1. The number of piperazine rings is 1. The van der Waals surface area contributed by atoms with Crippen LogP contribution >= 0.6 is 0 Å². The number of aliphatic imine (C=N–C) groups is 1. The molecule has 2 heterocycles. The number of carbonyl (C=O) groups is 4. The molecule has 1 saturated heterocycles. The average Bonchev–Trinajstić information content (AvgIpc) is 3.37. The minimum absolute atomic E-state index is 0.0989. The molecule has 11 heteroatoms. The lowest BCUT2D eigenvalue weighted by Crippen LogP contribution is -2.48. The summed E-state index contributed by atoms with van der Waals surface area (Å²) in [6.45, 7) is 12.2. The topological polar surface area (TPSA) is 130 Å². The summed E-state index contributed by atoms with van der Waals surface area (Å²) in [7, 11) is 3.81. The fraction of sp³-hybridized carbons (Fsp3) is 0.457. The van der Waals surface area contributed by atoms with Crippen LogP contribution in [0.1, 0.15) is 50.7 Å². The van der Waals surface area contributed by atoms with Crippen molar-refractivity contribution < 1.29 is 24.3 Å². The Morgan fingerprint density at radius 1 is 1.04 bits per heavy atom. The van der Waals surface area contributed by atoms with Crippen LogP contribution in [0, 0.1) is 6.92 Å². The van der Waals surface area contributed by atoms with Gasteiger partial charge in [0.1, 0.15) is 13.1 Å². The Morgan fingerprint density at radius 2 is 1.72 bits per heavy atom. The Kier molecular flexibility index (Phi) is 16.2. The number of unbranched alkanes of at least 4 members (excludes halogenated alkanes) is 2. The third-order valence-electron chi connectivity index (χ3n) is 7.64. The molecule has 1 aliphatic rings. The van der Waals surface area contributed by atoms with E-state index < -0.39 is 0 Å². The predicted molar refractivity (Wildman–Crippen MR) is 185 cm³/mol. The van der Waals surface area contributed by atoms with Crippen molar-refractivity contribution in [2.45, 2.75) is 46.5 Å². The van der Waals surface area contributed by atoms with Crippen molar-refractivity contribution >= 4 is 53.4 Å². The Hall–Kier alpha value is -4.51. The number of anilines is 1. The zero-order valence-electron chi connectivity index (χ0n) is 28.0. The van der Waals surface area contributed by atoms with E-state index in [1.165, 1.54) is 6.92 Å². The number of aromatic amines is 1. The van der Waals surface area contributed by atoms with Gasteiger partial charge < -0.3 is 39.3 Å². The maximum absolute atomic E-state index is 12.9. The summed E-state index contributed by atoms with van der Waals surface area (Å²) < 4.78 is 0. The van der Waals surface area contributed by atoms with Crippen LogP contribution in [0.2, 0.25) is 0 Å². The summed E-state index contributed by atoms with van der Waals surface area (Å²) in [5.41, 5.74) is 4.52. The van der Waals surface area contributed by atoms with E-state index in [9.17, 15) is 14.7 Å². The number of nitrogens with one attached hydrogen (secondary N) is 1. The highest BCUT2D eigenvalue weighted by molar-refractivity contribution is 6.08. The van der Waals surface area contributed by atoms with E-state index in [1.54, 1.807) is 6.21 Å². The van der Waals surface area contributed by atoms with Crippen LogP contribution in [0.4, 0.5) is 11.4 Å². The van der Waals surface area contributed by atoms with Gasteiger partial charge in [-0.15, -0.1) is 0 Å². The first-order chi connectivity index (χ1) is 22.2. The van der Waals surface area contributed by atoms with E-state index in [-0.39, 0.29) is 17.7 Å². The fourth-order valence-corrected chi connectivity index (χ4v) is 5.42. The van der Waals surface area contributed by atoms with Crippen LogP contribution < -0.4 is 4.90 Å². The molecule has 46 heavy (non-hydrogen) atoms. The van der Waals surface area contributed by atoms with E-state index in [1.807, 2.05) is 85.8 Å². The van der Waals surface area contributed by atoms with Gasteiger partial charge >= 0.3 is 0 Å². The number of aromatic nitrogens is 1. The molecule has 1 fully saturated rings. The summed E-state index contributed by atoms with van der Waals surface area (Å²) >= 11 is 0. The van der Waals surface area contributed by atoms with Gasteiger partial charge in [0.05, 0.1) is 23.3 Å². The Bertz CT molecular complexity index is 1430. The first kappa shape index (κ1) is 37.7. The molecule has 0 unspecified atom stereocenters. The lowest BCUT2D eigenvalue weighted by atomic mass is 10.1. The van der Waals surface area contributed by atoms with Crippen LogP contribution in [0.25, 0.3) is 10.9 Å². The molecule has 2 aromatic carbocycles. The Balaban J connectivity index is 0.00000139. The van der Waals surface area contributed by atoms with Gasteiger partial charge in [-0.3, -0.25) is 14.6 Å². The van der Waals surface area contributed by atoms with Crippen LogP contribution in [0.3, 0.4) is 0 Å². The molecule has 3 aromatic rings. The minimum atomic E-state index is 0.0989. The molecule has 0 aliphatic carbocycles. The van der Waals surface area contributed by atoms with Crippen molar-refractivity contribution in [2.75, 3.05) is 64.8 Å². The van der Waals surface area contributed by atoms with Gasteiger partial charge in [-0.25, -0.2) is 0 Å². The van der Waals surface area contributed by atoms with Gasteiger partial charge in [-0.1, -0.05) is 24.6 Å². The third kappa shape index (κ3) is 11.1. The van der Waals surface area contributed by atoms with E-state index >= 15 is 0 Å². The molecule has 0 atom stereocenters. The summed E-state index contributed by atoms with van der Waals surface area (Å²) in [5, 5.41) is 11.6. The van der Waals surface area contributed by atoms with E-state index in [4.69, 9.17) is 9.59 Å². The number of likely N-dealkylation sites (N-methyl/N-ethyl adjacent to an activating group) is 2. The van der Waals surface area contributed by atoms with E-state index in [0.29, 0.717) is 38.2 Å². The summed E-state index contributed by atoms with van der Waals surface area (Å²) in [6, 6.07) is 14.0. The second-order valence-corrected chi connectivity index (χ2v) is 11.3. The molecule has 4 rings (SSSR count). The zero-order chi connectivity index (χ0) is 34.1. The molecular weight excluding hydrogens is 584 g/mol. The molecule has 0 radical (unpaired) electrons. The van der Waals surface area contributed by atoms with Gasteiger partial charge in [0.15, 0.2) is 5.88 Å². The number of aldehydes is 1. The van der Waals surface area contributed by atoms with Gasteiger partial charge in [0.25, 0.3) is 0 Å². The van der Waals surface area contributed by atoms with Gasteiger partial charge in [-0.2, -0.15) is 0 Å². The van der Waals surface area contributed by atoms with Crippen LogP contribution in [-0.4, -0.2) is 116 Å². The predicted octanol–water partition coefficient (Wildman–Crippen LogP) is 4.57. The summed E-state index contributed by atoms with van der Waals surface area (Å²) in [6.07, 6.45) is 5.70. The number of aromatic hydroxyl groups is 1. The minimum Gasteiger partial charge on any atom is -0.494 e. The van der Waals surface area contributed by atoms with E-state index in [2.05, 4.69) is 20.9 Å². The highest BCUT2D eigenvalue weighted by Gasteiger charge is 2.24. The maximum atomic E-state index is 12.9. The highest BCUT2D eigenvalue weighted by atomic mass is 16.3. The monoisotopic (exact) mass is 634 g/mol. The largest absolute Gasteiger partial charge is 0.494 e. The number of carbonyl (C=O) groups excluding carboxylic acids is 4. The Morgan fingerprint density at radius 3 is 2.35 bits per heavy atom. The number of aryl methyl sites for hydroxylation is 1. The summed E-state index contributed by atoms with van der Waals surface area (Å²) in [5.74, 6) is 0.452. The number of fused-ring (bicyclic) bond motifs is 1. The smallest absolute Gasteiger partial charge is 0.236 e. The Labute approximate surface area is 272 Å². The van der Waals surface area contributed by atoms with Gasteiger partial charge in [0.2, 0.25) is 11.8 Å². The third-order valence-corrected chi connectivity index (χ3v) is 7.64. The lowest BCUT2D eigenvalue weighted by Gasteiger charge is -2.36. The van der Waals surface area contributed by atoms with Crippen LogP contribution in [0.15, 0.2) is 47.5 Å². The normalized spacial score (nSPS) is 12.8. The van der Waals surface area contributed by atoms with Crippen molar-refractivity contribution in [2.24, 2.45) is 4.99 Å². The van der Waals surface area contributed by atoms with Crippen molar-refractivity contribution in [1.29, 1.82) is 0 Å². The molecule has 0 saturated carbocycles. The molecule has 11 nitrogen and oxygen atoms in total. The second kappa shape index (κ2) is 19.8. The van der Waals surface area contributed by atoms with Crippen molar-refractivity contribution in [1.82, 2.24) is 19.7 Å². The van der Waals surface area contributed by atoms with Crippen molar-refractivity contribution in [3.05, 3.63) is 53.6 Å². The van der Waals surface area contributed by atoms with Crippen molar-refractivity contribution in [3.8, 4) is 5.88 Å². The highest BCUT2D eigenvalue weighted by Crippen LogP contribution is 2.35. The standard InChI is InChI=1S/C32H44N6O3.C2H4O.CH2O/c1-5-36(30(40)23-35(3)4)16-8-6-7-15-29(39)38-19-17-37(18-20-38)28-14-10-13-27-31(28)26(32(41)34-27)22-33-25-12-9-11-24(2)21-25;1-2-3;1-2/h9-14,21-22,34,41H,5-8,15-20,23H2,1-4H3;2H,1H3;1H2. The molecule has 1 aromatic heterocycles. The number of nitrogens with zero attached hydrogens (tertiary/aromatic N) is 5. The lowest BCUT2D eigenvalue weighted by molar-refractivity contribution is -0.132. The maximum Gasteiger partial charge on any atom is 0.236 e. The molecule has 2 amide bonds. The van der Waals surface area contributed by atoms with Crippen LogP contribution in [-0.2, 0) is 19.2 Å². The molecule has 250 valence electrons. The number of amides is 2. The molecule has 0 bridgehead atoms. The summed E-state index contributed by atoms with van der Waals surface area (Å²) in [4.78, 5) is 57.8. The number of hydrogen-bond acceptors (Lipinski definition) is 8. The fourth-order valence-electron chi connectivity index (χ4n) is 5.42. The molecule has 1 aliphatic heterocycles. The van der Waals surface area contributed by atoms with Crippen molar-refractivity contribution in [3.63, 3.8) is 0 Å². The quantitative estimate of drug-likeness (QED) is 0.170. The zero-order valence-corrected chi connectivity index (χ0v) is 28.0. The van der Waals surface area contributed by atoms with E-state index in [0.717, 1.165) is 73.0 Å². The first-order valence-electron chi connectivity index (χ1n) is 15.8.